The quantitative estimate of drug-likeness (QED) is 0.777. The summed E-state index contributed by atoms with van der Waals surface area (Å²) >= 11 is 0. The molecular formula is C15H17N5O. The number of nitrogens with zero attached hydrogens (tertiary/aromatic N) is 4. The Bertz CT molecular complexity index is 704. The van der Waals surface area contributed by atoms with E-state index in [1.54, 1.807) is 10.9 Å². The van der Waals surface area contributed by atoms with Gasteiger partial charge in [-0.1, -0.05) is 30.3 Å². The summed E-state index contributed by atoms with van der Waals surface area (Å²) in [5.74, 6) is 0.608. The van der Waals surface area contributed by atoms with E-state index >= 15 is 0 Å². The zero-order valence-corrected chi connectivity index (χ0v) is 11.8. The molecule has 0 radical (unpaired) electrons. The summed E-state index contributed by atoms with van der Waals surface area (Å²) in [5.41, 5.74) is 8.48. The number of hydrogen-bond donors (Lipinski definition) is 1. The van der Waals surface area contributed by atoms with Crippen LogP contribution in [0.2, 0.25) is 0 Å². The Morgan fingerprint density at radius 3 is 2.86 bits per heavy atom. The van der Waals surface area contributed by atoms with Gasteiger partial charge in [0.1, 0.15) is 12.0 Å². The van der Waals surface area contributed by atoms with Crippen molar-refractivity contribution in [2.75, 3.05) is 0 Å². The van der Waals surface area contributed by atoms with Crippen LogP contribution in [0.3, 0.4) is 0 Å². The molecule has 0 saturated heterocycles. The van der Waals surface area contributed by atoms with Crippen LogP contribution in [0.5, 0.6) is 0 Å². The molecule has 0 amide bonds. The minimum absolute atomic E-state index is 0.0732. The lowest BCUT2D eigenvalue weighted by molar-refractivity contribution is 0.568. The third-order valence-corrected chi connectivity index (χ3v) is 3.27. The molecule has 1 unspecified atom stereocenters. The maximum Gasteiger partial charge on any atom is 0.226 e. The van der Waals surface area contributed by atoms with E-state index in [0.29, 0.717) is 12.4 Å². The average molecular weight is 283 g/mol. The van der Waals surface area contributed by atoms with Crippen molar-refractivity contribution in [3.63, 3.8) is 0 Å². The second kappa shape index (κ2) is 5.88. The highest BCUT2D eigenvalue weighted by atomic mass is 16.3. The smallest absolute Gasteiger partial charge is 0.226 e. The third-order valence-electron chi connectivity index (χ3n) is 3.27. The zero-order chi connectivity index (χ0) is 14.7. The first-order valence-corrected chi connectivity index (χ1v) is 6.91. The van der Waals surface area contributed by atoms with Gasteiger partial charge in [0.25, 0.3) is 0 Å². The fourth-order valence-electron chi connectivity index (χ4n) is 2.03. The van der Waals surface area contributed by atoms with Gasteiger partial charge < -0.3 is 10.2 Å². The van der Waals surface area contributed by atoms with Gasteiger partial charge in [-0.25, -0.2) is 9.67 Å². The molecular weight excluding hydrogens is 266 g/mol. The number of benzene rings is 1. The number of hydrogen-bond acceptors (Lipinski definition) is 5. The number of rotatable bonds is 5. The first-order valence-electron chi connectivity index (χ1n) is 6.91. The normalized spacial score (nSPS) is 12.5. The van der Waals surface area contributed by atoms with Crippen molar-refractivity contribution in [3.05, 3.63) is 54.2 Å². The highest BCUT2D eigenvalue weighted by molar-refractivity contribution is 5.52. The standard InChI is InChI=1S/C15H17N5O/c1-2-13(16)14-9-20(19-18-14)8-12-10-21-15(17-12)11-6-4-3-5-7-11/h3-7,9-10,13H,2,8,16H2,1H3. The van der Waals surface area contributed by atoms with Gasteiger partial charge in [0, 0.05) is 5.56 Å². The lowest BCUT2D eigenvalue weighted by Gasteiger charge is -2.01. The van der Waals surface area contributed by atoms with Crippen LogP contribution in [0, 0.1) is 0 Å². The summed E-state index contributed by atoms with van der Waals surface area (Å²) in [6.45, 7) is 2.53. The Balaban J connectivity index is 1.74. The lowest BCUT2D eigenvalue weighted by Crippen LogP contribution is -2.08. The van der Waals surface area contributed by atoms with E-state index in [1.807, 2.05) is 43.5 Å². The molecule has 6 nitrogen and oxygen atoms in total. The summed E-state index contributed by atoms with van der Waals surface area (Å²) in [5, 5.41) is 8.15. The van der Waals surface area contributed by atoms with Crippen molar-refractivity contribution in [3.8, 4) is 11.5 Å². The molecule has 0 saturated carbocycles. The summed E-state index contributed by atoms with van der Waals surface area (Å²) in [4.78, 5) is 4.46. The van der Waals surface area contributed by atoms with Crippen LogP contribution in [0.1, 0.15) is 30.8 Å². The molecule has 21 heavy (non-hydrogen) atoms. The van der Waals surface area contributed by atoms with Crippen LogP contribution in [0.15, 0.2) is 47.2 Å². The number of aromatic nitrogens is 4. The van der Waals surface area contributed by atoms with Crippen molar-refractivity contribution in [1.29, 1.82) is 0 Å². The van der Waals surface area contributed by atoms with Gasteiger partial charge in [0.2, 0.25) is 5.89 Å². The molecule has 2 heterocycles. The van der Waals surface area contributed by atoms with Crippen molar-refractivity contribution in [2.24, 2.45) is 5.73 Å². The van der Waals surface area contributed by atoms with Gasteiger partial charge in [-0.2, -0.15) is 0 Å². The fourth-order valence-corrected chi connectivity index (χ4v) is 2.03. The van der Waals surface area contributed by atoms with Crippen LogP contribution < -0.4 is 5.73 Å². The summed E-state index contributed by atoms with van der Waals surface area (Å²) in [6, 6.07) is 9.72. The van der Waals surface area contributed by atoms with Crippen LogP contribution in [0.4, 0.5) is 0 Å². The van der Waals surface area contributed by atoms with E-state index in [2.05, 4.69) is 15.3 Å². The largest absolute Gasteiger partial charge is 0.444 e. The minimum atomic E-state index is -0.0732. The topological polar surface area (TPSA) is 82.8 Å². The predicted octanol–water partition coefficient (Wildman–Crippen LogP) is 2.39. The monoisotopic (exact) mass is 283 g/mol. The van der Waals surface area contributed by atoms with Gasteiger partial charge in [0.05, 0.1) is 24.5 Å². The molecule has 1 atom stereocenters. The Hall–Kier alpha value is -2.47. The Morgan fingerprint density at radius 1 is 1.29 bits per heavy atom. The van der Waals surface area contributed by atoms with Crippen molar-refractivity contribution < 1.29 is 4.42 Å². The SMILES string of the molecule is CCC(N)c1cn(Cc2coc(-c3ccccc3)n2)nn1. The summed E-state index contributed by atoms with van der Waals surface area (Å²) in [6.07, 6.45) is 4.33. The molecule has 2 aromatic heterocycles. The second-order valence-electron chi connectivity index (χ2n) is 4.87. The van der Waals surface area contributed by atoms with Gasteiger partial charge in [0.15, 0.2) is 0 Å². The average Bonchev–Trinajstić information content (AvgIpc) is 3.17. The van der Waals surface area contributed by atoms with Gasteiger partial charge in [-0.15, -0.1) is 5.10 Å². The van der Waals surface area contributed by atoms with E-state index in [1.165, 1.54) is 0 Å². The molecule has 6 heteroatoms. The highest BCUT2D eigenvalue weighted by Crippen LogP contribution is 2.18. The Morgan fingerprint density at radius 2 is 2.10 bits per heavy atom. The molecule has 0 bridgehead atoms. The zero-order valence-electron chi connectivity index (χ0n) is 11.8. The third kappa shape index (κ3) is 3.00. The Labute approximate surface area is 122 Å². The number of nitrogens with two attached hydrogens (primary N) is 1. The molecule has 1 aromatic carbocycles. The van der Waals surface area contributed by atoms with Crippen LogP contribution in [0.25, 0.3) is 11.5 Å². The predicted molar refractivity (Wildman–Crippen MR) is 78.3 cm³/mol. The minimum Gasteiger partial charge on any atom is -0.444 e. The van der Waals surface area contributed by atoms with Crippen molar-refractivity contribution >= 4 is 0 Å². The second-order valence-corrected chi connectivity index (χ2v) is 4.87. The van der Waals surface area contributed by atoms with E-state index in [4.69, 9.17) is 10.2 Å². The van der Waals surface area contributed by atoms with Gasteiger partial charge in [-0.3, -0.25) is 0 Å². The molecule has 0 aliphatic rings. The van der Waals surface area contributed by atoms with E-state index in [-0.39, 0.29) is 6.04 Å². The van der Waals surface area contributed by atoms with Crippen LogP contribution >= 0.6 is 0 Å². The molecule has 3 aromatic rings. The van der Waals surface area contributed by atoms with E-state index in [0.717, 1.165) is 23.4 Å². The Kier molecular flexibility index (Phi) is 3.79. The van der Waals surface area contributed by atoms with E-state index < -0.39 is 0 Å². The van der Waals surface area contributed by atoms with E-state index in [9.17, 15) is 0 Å². The maximum absolute atomic E-state index is 5.93. The summed E-state index contributed by atoms with van der Waals surface area (Å²) < 4.78 is 7.22. The highest BCUT2D eigenvalue weighted by Gasteiger charge is 2.11. The van der Waals surface area contributed by atoms with Crippen LogP contribution in [-0.2, 0) is 6.54 Å². The lowest BCUT2D eigenvalue weighted by atomic mass is 10.2. The molecule has 0 fully saturated rings. The molecule has 108 valence electrons. The van der Waals surface area contributed by atoms with Crippen molar-refractivity contribution in [2.45, 2.75) is 25.9 Å². The first-order chi connectivity index (χ1) is 10.3. The molecule has 0 aliphatic heterocycles. The molecule has 0 spiro atoms. The van der Waals surface area contributed by atoms with Crippen molar-refractivity contribution in [1.82, 2.24) is 20.0 Å². The summed E-state index contributed by atoms with van der Waals surface area (Å²) in [7, 11) is 0. The molecule has 2 N–H and O–H groups in total. The molecule has 3 rings (SSSR count). The number of oxazole rings is 1. The first kappa shape index (κ1) is 13.5. The van der Waals surface area contributed by atoms with Gasteiger partial charge >= 0.3 is 0 Å². The molecule has 0 aliphatic carbocycles. The van der Waals surface area contributed by atoms with Crippen LogP contribution in [-0.4, -0.2) is 20.0 Å². The van der Waals surface area contributed by atoms with Gasteiger partial charge in [-0.05, 0) is 18.6 Å². The maximum atomic E-state index is 5.93. The fraction of sp³-hybridized carbons (Fsp3) is 0.267.